The van der Waals surface area contributed by atoms with E-state index >= 15 is 0 Å². The van der Waals surface area contributed by atoms with Crippen LogP contribution in [0.4, 0.5) is 5.69 Å². The summed E-state index contributed by atoms with van der Waals surface area (Å²) in [5, 5.41) is 0.713. The van der Waals surface area contributed by atoms with Crippen LogP contribution in [0.2, 0.25) is 5.02 Å². The SMILES string of the molecule is CC(C)c1cc(=O)n(CC(=O)N2CCN(c3ccc(Cl)cc3)CC2)cn1. The lowest BCUT2D eigenvalue weighted by Crippen LogP contribution is -2.50. The van der Waals surface area contributed by atoms with E-state index in [0.29, 0.717) is 18.1 Å². The predicted molar refractivity (Wildman–Crippen MR) is 103 cm³/mol. The molecule has 1 aliphatic heterocycles. The number of amides is 1. The molecule has 138 valence electrons. The zero-order valence-electron chi connectivity index (χ0n) is 15.1. The molecule has 1 saturated heterocycles. The molecule has 0 N–H and O–H groups in total. The Hall–Kier alpha value is -2.34. The minimum Gasteiger partial charge on any atom is -0.368 e. The number of benzene rings is 1. The molecule has 0 saturated carbocycles. The number of halogens is 1. The zero-order chi connectivity index (χ0) is 18.7. The first kappa shape index (κ1) is 18.5. The fourth-order valence-electron chi connectivity index (χ4n) is 2.99. The quantitative estimate of drug-likeness (QED) is 0.824. The second kappa shape index (κ2) is 7.91. The highest BCUT2D eigenvalue weighted by atomic mass is 35.5. The molecule has 0 unspecified atom stereocenters. The Bertz CT molecular complexity index is 824. The topological polar surface area (TPSA) is 58.4 Å². The fraction of sp³-hybridized carbons (Fsp3) is 0.421. The van der Waals surface area contributed by atoms with E-state index in [-0.39, 0.29) is 23.9 Å². The van der Waals surface area contributed by atoms with Crippen LogP contribution in [0.5, 0.6) is 0 Å². The van der Waals surface area contributed by atoms with Gasteiger partial charge in [-0.2, -0.15) is 0 Å². The van der Waals surface area contributed by atoms with Crippen molar-refractivity contribution in [1.29, 1.82) is 0 Å². The summed E-state index contributed by atoms with van der Waals surface area (Å²) in [6.45, 7) is 6.78. The Morgan fingerprint density at radius 3 is 2.38 bits per heavy atom. The lowest BCUT2D eigenvalue weighted by Gasteiger charge is -2.36. The van der Waals surface area contributed by atoms with Crippen LogP contribution < -0.4 is 10.5 Å². The Balaban J connectivity index is 1.58. The number of rotatable bonds is 4. The van der Waals surface area contributed by atoms with Gasteiger partial charge in [-0.15, -0.1) is 0 Å². The van der Waals surface area contributed by atoms with E-state index < -0.39 is 0 Å². The lowest BCUT2D eigenvalue weighted by atomic mass is 10.1. The lowest BCUT2D eigenvalue weighted by molar-refractivity contribution is -0.132. The van der Waals surface area contributed by atoms with E-state index in [4.69, 9.17) is 11.6 Å². The molecule has 0 aliphatic carbocycles. The molecule has 0 atom stereocenters. The monoisotopic (exact) mass is 374 g/mol. The van der Waals surface area contributed by atoms with Crippen molar-refractivity contribution >= 4 is 23.2 Å². The summed E-state index contributed by atoms with van der Waals surface area (Å²) in [6, 6.07) is 9.22. The van der Waals surface area contributed by atoms with Crippen molar-refractivity contribution in [3.05, 3.63) is 57.7 Å². The van der Waals surface area contributed by atoms with Crippen LogP contribution >= 0.6 is 11.6 Å². The van der Waals surface area contributed by atoms with Crippen LogP contribution in [0, 0.1) is 0 Å². The van der Waals surface area contributed by atoms with Crippen molar-refractivity contribution in [3.63, 3.8) is 0 Å². The third-order valence-electron chi connectivity index (χ3n) is 4.62. The number of nitrogens with zero attached hydrogens (tertiary/aromatic N) is 4. The highest BCUT2D eigenvalue weighted by Gasteiger charge is 2.21. The number of piperazine rings is 1. The first-order valence-electron chi connectivity index (χ1n) is 8.78. The molecule has 1 aromatic carbocycles. The van der Waals surface area contributed by atoms with Crippen molar-refractivity contribution in [2.45, 2.75) is 26.3 Å². The van der Waals surface area contributed by atoms with Gasteiger partial charge >= 0.3 is 0 Å². The van der Waals surface area contributed by atoms with Crippen molar-refractivity contribution in [2.24, 2.45) is 0 Å². The molecule has 1 aromatic heterocycles. The highest BCUT2D eigenvalue weighted by molar-refractivity contribution is 6.30. The molecule has 7 heteroatoms. The third-order valence-corrected chi connectivity index (χ3v) is 4.87. The number of aromatic nitrogens is 2. The minimum atomic E-state index is -0.183. The van der Waals surface area contributed by atoms with Crippen LogP contribution in [-0.4, -0.2) is 46.5 Å². The highest BCUT2D eigenvalue weighted by Crippen LogP contribution is 2.19. The van der Waals surface area contributed by atoms with Gasteiger partial charge in [0.15, 0.2) is 0 Å². The van der Waals surface area contributed by atoms with Gasteiger partial charge in [-0.05, 0) is 30.2 Å². The molecular weight excluding hydrogens is 352 g/mol. The summed E-state index contributed by atoms with van der Waals surface area (Å²) in [7, 11) is 0. The molecule has 1 aliphatic rings. The van der Waals surface area contributed by atoms with E-state index in [0.717, 1.165) is 24.5 Å². The van der Waals surface area contributed by atoms with Gasteiger partial charge in [0.05, 0.1) is 12.0 Å². The molecule has 3 rings (SSSR count). The van der Waals surface area contributed by atoms with Crippen molar-refractivity contribution in [3.8, 4) is 0 Å². The van der Waals surface area contributed by atoms with E-state index in [9.17, 15) is 9.59 Å². The Kier molecular flexibility index (Phi) is 5.61. The molecule has 2 heterocycles. The van der Waals surface area contributed by atoms with Crippen molar-refractivity contribution < 1.29 is 4.79 Å². The first-order valence-corrected chi connectivity index (χ1v) is 9.16. The maximum atomic E-state index is 12.5. The van der Waals surface area contributed by atoms with Crippen molar-refractivity contribution in [1.82, 2.24) is 14.5 Å². The molecule has 0 bridgehead atoms. The van der Waals surface area contributed by atoms with Gasteiger partial charge in [-0.25, -0.2) is 4.98 Å². The van der Waals surface area contributed by atoms with Crippen molar-refractivity contribution in [2.75, 3.05) is 31.1 Å². The van der Waals surface area contributed by atoms with E-state index in [1.165, 1.54) is 17.0 Å². The van der Waals surface area contributed by atoms with Crippen LogP contribution in [0.15, 0.2) is 41.5 Å². The summed E-state index contributed by atoms with van der Waals surface area (Å²) in [4.78, 5) is 33.0. The van der Waals surface area contributed by atoms with Crippen LogP contribution in [0.1, 0.15) is 25.5 Å². The summed E-state index contributed by atoms with van der Waals surface area (Å²) < 4.78 is 1.37. The zero-order valence-corrected chi connectivity index (χ0v) is 15.8. The van der Waals surface area contributed by atoms with Gasteiger partial charge in [0.2, 0.25) is 5.91 Å². The maximum Gasteiger partial charge on any atom is 0.254 e. The normalized spacial score (nSPS) is 14.8. The largest absolute Gasteiger partial charge is 0.368 e. The number of hydrogen-bond acceptors (Lipinski definition) is 4. The van der Waals surface area contributed by atoms with Gasteiger partial charge in [0.25, 0.3) is 5.56 Å². The van der Waals surface area contributed by atoms with Gasteiger partial charge in [-0.3, -0.25) is 14.2 Å². The van der Waals surface area contributed by atoms with E-state index in [2.05, 4.69) is 9.88 Å². The average Bonchev–Trinajstić information content (AvgIpc) is 2.64. The van der Waals surface area contributed by atoms with Crippen LogP contribution in [0.3, 0.4) is 0 Å². The standard InChI is InChI=1S/C19H23ClN4O2/c1-14(2)17-11-18(25)24(13-21-17)12-19(26)23-9-7-22(8-10-23)16-5-3-15(20)4-6-16/h3-6,11,13-14H,7-10,12H2,1-2H3. The van der Waals surface area contributed by atoms with Gasteiger partial charge in [0.1, 0.15) is 6.54 Å². The summed E-state index contributed by atoms with van der Waals surface area (Å²) in [5.41, 5.74) is 1.67. The minimum absolute atomic E-state index is 0.0329. The summed E-state index contributed by atoms with van der Waals surface area (Å²) in [5.74, 6) is 0.135. The second-order valence-corrected chi connectivity index (χ2v) is 7.22. The summed E-state index contributed by atoms with van der Waals surface area (Å²) in [6.07, 6.45) is 1.47. The Morgan fingerprint density at radius 2 is 1.81 bits per heavy atom. The van der Waals surface area contributed by atoms with Gasteiger partial charge in [-0.1, -0.05) is 25.4 Å². The first-order chi connectivity index (χ1) is 12.4. The molecule has 1 fully saturated rings. The molecule has 26 heavy (non-hydrogen) atoms. The second-order valence-electron chi connectivity index (χ2n) is 6.78. The van der Waals surface area contributed by atoms with Gasteiger partial charge < -0.3 is 9.80 Å². The number of carbonyl (C=O) groups excluding carboxylic acids is 1. The predicted octanol–water partition coefficient (Wildman–Crippen LogP) is 2.37. The number of anilines is 1. The fourth-order valence-corrected chi connectivity index (χ4v) is 3.11. The Labute approximate surface area is 158 Å². The third kappa shape index (κ3) is 4.25. The molecule has 2 aromatic rings. The summed E-state index contributed by atoms with van der Waals surface area (Å²) >= 11 is 5.93. The molecule has 6 nitrogen and oxygen atoms in total. The average molecular weight is 375 g/mol. The molecule has 0 radical (unpaired) electrons. The smallest absolute Gasteiger partial charge is 0.254 e. The van der Waals surface area contributed by atoms with E-state index in [1.54, 1.807) is 4.90 Å². The Morgan fingerprint density at radius 1 is 1.15 bits per heavy atom. The van der Waals surface area contributed by atoms with Crippen LogP contribution in [0.25, 0.3) is 0 Å². The van der Waals surface area contributed by atoms with Crippen LogP contribution in [-0.2, 0) is 11.3 Å². The number of carbonyl (C=O) groups is 1. The van der Waals surface area contributed by atoms with E-state index in [1.807, 2.05) is 38.1 Å². The number of hydrogen-bond donors (Lipinski definition) is 0. The molecular formula is C19H23ClN4O2. The molecule has 1 amide bonds. The maximum absolute atomic E-state index is 12.5. The molecule has 0 spiro atoms. The van der Waals surface area contributed by atoms with Gasteiger partial charge in [0, 0.05) is 43.0 Å².